The highest BCUT2D eigenvalue weighted by atomic mass is 32.2. The van der Waals surface area contributed by atoms with Gasteiger partial charge in [0.1, 0.15) is 5.75 Å². The van der Waals surface area contributed by atoms with Crippen molar-refractivity contribution >= 4 is 9.84 Å². The third-order valence-electron chi connectivity index (χ3n) is 3.98. The number of aryl methyl sites for hydroxylation is 1. The van der Waals surface area contributed by atoms with Crippen LogP contribution in [0, 0.1) is 24.2 Å². The lowest BCUT2D eigenvalue weighted by atomic mass is 9.99. The molecule has 1 aromatic rings. The Morgan fingerprint density at radius 2 is 1.85 bits per heavy atom. The van der Waals surface area contributed by atoms with Crippen LogP contribution in [0.15, 0.2) is 29.2 Å². The van der Waals surface area contributed by atoms with Crippen molar-refractivity contribution in [2.45, 2.75) is 24.7 Å². The SMILES string of the molecule is Cc1ccc(S(=O)(=O)CC[NH+]2CCC(C#N)CC2)cc1. The summed E-state index contributed by atoms with van der Waals surface area (Å²) in [5.41, 5.74) is 1.06. The van der Waals surface area contributed by atoms with Crippen LogP contribution in [0.2, 0.25) is 0 Å². The molecule has 4 nitrogen and oxygen atoms in total. The Labute approximate surface area is 120 Å². The van der Waals surface area contributed by atoms with Crippen LogP contribution in [0.25, 0.3) is 0 Å². The van der Waals surface area contributed by atoms with Gasteiger partial charge in [0, 0.05) is 12.8 Å². The maximum absolute atomic E-state index is 12.2. The van der Waals surface area contributed by atoms with Gasteiger partial charge in [0.15, 0.2) is 9.84 Å². The molecule has 0 bridgehead atoms. The van der Waals surface area contributed by atoms with Crippen molar-refractivity contribution in [1.82, 2.24) is 0 Å². The first-order valence-electron chi connectivity index (χ1n) is 7.04. The molecule has 2 rings (SSSR count). The molecule has 1 N–H and O–H groups in total. The molecule has 1 saturated heterocycles. The van der Waals surface area contributed by atoms with Crippen LogP contribution < -0.4 is 4.90 Å². The van der Waals surface area contributed by atoms with Gasteiger partial charge in [0.2, 0.25) is 0 Å². The van der Waals surface area contributed by atoms with E-state index in [-0.39, 0.29) is 11.7 Å². The first kappa shape index (κ1) is 15.0. The van der Waals surface area contributed by atoms with Gasteiger partial charge >= 0.3 is 0 Å². The number of nitrogens with one attached hydrogen (secondary N) is 1. The van der Waals surface area contributed by atoms with E-state index in [1.165, 1.54) is 4.90 Å². The summed E-state index contributed by atoms with van der Waals surface area (Å²) in [5.74, 6) is 0.343. The summed E-state index contributed by atoms with van der Waals surface area (Å²) < 4.78 is 24.5. The van der Waals surface area contributed by atoms with E-state index in [0.29, 0.717) is 11.4 Å². The predicted molar refractivity (Wildman–Crippen MR) is 77.1 cm³/mol. The fraction of sp³-hybridized carbons (Fsp3) is 0.533. The number of piperidine rings is 1. The highest BCUT2D eigenvalue weighted by molar-refractivity contribution is 7.91. The minimum absolute atomic E-state index is 0.160. The lowest BCUT2D eigenvalue weighted by Gasteiger charge is -2.25. The zero-order chi connectivity index (χ0) is 14.6. The second-order valence-corrected chi connectivity index (χ2v) is 7.64. The molecule has 0 aliphatic carbocycles. The molecule has 0 aromatic heterocycles. The Morgan fingerprint density at radius 3 is 2.40 bits per heavy atom. The summed E-state index contributed by atoms with van der Waals surface area (Å²) in [6, 6.07) is 9.32. The number of nitriles is 1. The summed E-state index contributed by atoms with van der Waals surface area (Å²) in [4.78, 5) is 1.71. The van der Waals surface area contributed by atoms with E-state index in [2.05, 4.69) is 6.07 Å². The number of quaternary nitrogens is 1. The molecule has 0 spiro atoms. The van der Waals surface area contributed by atoms with Crippen LogP contribution in [-0.2, 0) is 9.84 Å². The highest BCUT2D eigenvalue weighted by Crippen LogP contribution is 2.12. The molecule has 0 atom stereocenters. The van der Waals surface area contributed by atoms with Gasteiger partial charge in [-0.15, -0.1) is 0 Å². The van der Waals surface area contributed by atoms with Crippen molar-refractivity contribution in [3.63, 3.8) is 0 Å². The van der Waals surface area contributed by atoms with Gasteiger partial charge in [0.25, 0.3) is 0 Å². The Morgan fingerprint density at radius 1 is 1.25 bits per heavy atom. The highest BCUT2D eigenvalue weighted by Gasteiger charge is 2.24. The summed E-state index contributed by atoms with van der Waals surface area (Å²) in [6.07, 6.45) is 1.77. The standard InChI is InChI=1S/C15H20N2O2S/c1-13-2-4-15(5-3-13)20(18,19)11-10-17-8-6-14(12-16)7-9-17/h2-5,14H,6-11H2,1H3/p+1. The molecular weight excluding hydrogens is 272 g/mol. The molecule has 1 fully saturated rings. The Balaban J connectivity index is 1.90. The number of benzene rings is 1. The summed E-state index contributed by atoms with van der Waals surface area (Å²) in [7, 11) is -3.18. The van der Waals surface area contributed by atoms with Gasteiger partial charge in [-0.05, 0) is 19.1 Å². The lowest BCUT2D eigenvalue weighted by Crippen LogP contribution is -3.13. The predicted octanol–water partition coefficient (Wildman–Crippen LogP) is 0.587. The summed E-state index contributed by atoms with van der Waals surface area (Å²) in [5, 5.41) is 8.85. The van der Waals surface area contributed by atoms with Crippen molar-refractivity contribution in [3.05, 3.63) is 29.8 Å². The Bertz CT molecular complexity index is 579. The Hall–Kier alpha value is -1.38. The van der Waals surface area contributed by atoms with Gasteiger partial charge < -0.3 is 4.90 Å². The third kappa shape index (κ3) is 3.81. The molecule has 20 heavy (non-hydrogen) atoms. The maximum Gasteiger partial charge on any atom is 0.183 e. The van der Waals surface area contributed by atoms with Gasteiger partial charge in [0.05, 0.1) is 36.5 Å². The molecule has 1 aromatic carbocycles. The molecule has 1 aliphatic heterocycles. The van der Waals surface area contributed by atoms with Crippen molar-refractivity contribution in [3.8, 4) is 6.07 Å². The molecule has 0 saturated carbocycles. The summed E-state index contributed by atoms with van der Waals surface area (Å²) in [6.45, 7) is 4.39. The topological polar surface area (TPSA) is 62.4 Å². The minimum Gasteiger partial charge on any atom is -0.334 e. The molecule has 1 aliphatic rings. The molecule has 5 heteroatoms. The van der Waals surface area contributed by atoms with E-state index in [0.717, 1.165) is 31.5 Å². The molecular formula is C15H21N2O2S+. The van der Waals surface area contributed by atoms with E-state index < -0.39 is 9.84 Å². The van der Waals surface area contributed by atoms with Crippen LogP contribution in [0.5, 0.6) is 0 Å². The normalized spacial score (nSPS) is 23.2. The number of nitrogens with zero attached hydrogens (tertiary/aromatic N) is 1. The molecule has 108 valence electrons. The monoisotopic (exact) mass is 293 g/mol. The maximum atomic E-state index is 12.2. The second-order valence-electron chi connectivity index (χ2n) is 5.54. The van der Waals surface area contributed by atoms with Crippen molar-refractivity contribution in [1.29, 1.82) is 5.26 Å². The average Bonchev–Trinajstić information content (AvgIpc) is 2.46. The van der Waals surface area contributed by atoms with Gasteiger partial charge in [-0.1, -0.05) is 17.7 Å². The largest absolute Gasteiger partial charge is 0.334 e. The van der Waals surface area contributed by atoms with Crippen LogP contribution in [0.1, 0.15) is 18.4 Å². The van der Waals surface area contributed by atoms with Gasteiger partial charge in [-0.3, -0.25) is 0 Å². The van der Waals surface area contributed by atoms with Crippen LogP contribution in [0.3, 0.4) is 0 Å². The number of hydrogen-bond donors (Lipinski definition) is 1. The second kappa shape index (κ2) is 6.38. The fourth-order valence-electron chi connectivity index (χ4n) is 2.55. The quantitative estimate of drug-likeness (QED) is 0.883. The van der Waals surface area contributed by atoms with E-state index in [4.69, 9.17) is 5.26 Å². The molecule has 1 heterocycles. The Kier molecular flexibility index (Phi) is 4.79. The van der Waals surface area contributed by atoms with E-state index in [1.807, 2.05) is 19.1 Å². The zero-order valence-electron chi connectivity index (χ0n) is 11.8. The van der Waals surface area contributed by atoms with Gasteiger partial charge in [-0.25, -0.2) is 8.42 Å². The third-order valence-corrected chi connectivity index (χ3v) is 5.71. The number of sulfone groups is 1. The van der Waals surface area contributed by atoms with E-state index in [1.54, 1.807) is 12.1 Å². The minimum atomic E-state index is -3.18. The molecule has 0 unspecified atom stereocenters. The van der Waals surface area contributed by atoms with Crippen molar-refractivity contribution < 1.29 is 13.3 Å². The smallest absolute Gasteiger partial charge is 0.183 e. The fourth-order valence-corrected chi connectivity index (χ4v) is 3.89. The average molecular weight is 293 g/mol. The van der Waals surface area contributed by atoms with Crippen molar-refractivity contribution in [2.24, 2.45) is 5.92 Å². The zero-order valence-corrected chi connectivity index (χ0v) is 12.6. The molecule has 0 radical (unpaired) electrons. The van der Waals surface area contributed by atoms with Crippen LogP contribution in [-0.4, -0.2) is 33.8 Å². The molecule has 0 amide bonds. The lowest BCUT2D eigenvalue weighted by molar-refractivity contribution is -0.903. The van der Waals surface area contributed by atoms with E-state index in [9.17, 15) is 8.42 Å². The van der Waals surface area contributed by atoms with E-state index >= 15 is 0 Å². The van der Waals surface area contributed by atoms with Crippen LogP contribution >= 0.6 is 0 Å². The number of likely N-dealkylation sites (tertiary alicyclic amines) is 1. The summed E-state index contributed by atoms with van der Waals surface area (Å²) >= 11 is 0. The van der Waals surface area contributed by atoms with Crippen LogP contribution in [0.4, 0.5) is 0 Å². The van der Waals surface area contributed by atoms with Gasteiger partial charge in [-0.2, -0.15) is 5.26 Å². The van der Waals surface area contributed by atoms with Crippen molar-refractivity contribution in [2.75, 3.05) is 25.4 Å². The first-order valence-corrected chi connectivity index (χ1v) is 8.69. The first-order chi connectivity index (χ1) is 9.51. The number of rotatable bonds is 4. The number of hydrogen-bond acceptors (Lipinski definition) is 3.